The zero-order valence-corrected chi connectivity index (χ0v) is 8.31. The van der Waals surface area contributed by atoms with Gasteiger partial charge in [-0.15, -0.1) is 0 Å². The summed E-state index contributed by atoms with van der Waals surface area (Å²) in [6.07, 6.45) is 3.27. The lowest BCUT2D eigenvalue weighted by atomic mass is 10.5. The molecule has 1 aromatic rings. The van der Waals surface area contributed by atoms with E-state index in [1.165, 1.54) is 0 Å². The molecule has 0 atom stereocenters. The van der Waals surface area contributed by atoms with Crippen molar-refractivity contribution < 1.29 is 4.74 Å². The van der Waals surface area contributed by atoms with Gasteiger partial charge in [-0.1, -0.05) is 5.11 Å². The summed E-state index contributed by atoms with van der Waals surface area (Å²) in [5, 5.41) is 3.33. The molecular formula is C7H7BrN4O. The maximum atomic E-state index is 7.99. The first-order chi connectivity index (χ1) is 6.33. The van der Waals surface area contributed by atoms with Crippen molar-refractivity contribution in [2.45, 2.75) is 0 Å². The highest BCUT2D eigenvalue weighted by atomic mass is 79.9. The van der Waals surface area contributed by atoms with Gasteiger partial charge < -0.3 is 4.74 Å². The normalized spacial score (nSPS) is 9.00. The topological polar surface area (TPSA) is 70.9 Å². The molecule has 0 saturated carbocycles. The van der Waals surface area contributed by atoms with Crippen molar-refractivity contribution in [1.29, 1.82) is 0 Å². The summed E-state index contributed by atoms with van der Waals surface area (Å²) in [6, 6.07) is 1.79. The Balaban J connectivity index is 2.40. The second kappa shape index (κ2) is 5.40. The summed E-state index contributed by atoms with van der Waals surface area (Å²) in [5.74, 6) is 0.655. The van der Waals surface area contributed by atoms with Crippen molar-refractivity contribution in [2.75, 3.05) is 13.2 Å². The third-order valence-corrected chi connectivity index (χ3v) is 1.64. The Kier molecular flexibility index (Phi) is 4.08. The lowest BCUT2D eigenvalue weighted by Crippen LogP contribution is -2.00. The SMILES string of the molecule is [N-]=[N+]=NCCOc1cncc(Br)c1. The second-order valence-electron chi connectivity index (χ2n) is 2.14. The number of pyridine rings is 1. The fourth-order valence-corrected chi connectivity index (χ4v) is 1.06. The third-order valence-electron chi connectivity index (χ3n) is 1.20. The molecular weight excluding hydrogens is 236 g/mol. The molecule has 0 aliphatic rings. The molecule has 0 radical (unpaired) electrons. The van der Waals surface area contributed by atoms with Gasteiger partial charge in [0.05, 0.1) is 19.3 Å². The minimum atomic E-state index is 0.322. The summed E-state index contributed by atoms with van der Waals surface area (Å²) in [4.78, 5) is 6.51. The molecule has 0 bridgehead atoms. The number of hydrogen-bond donors (Lipinski definition) is 0. The summed E-state index contributed by atoms with van der Waals surface area (Å²) < 4.78 is 6.09. The highest BCUT2D eigenvalue weighted by Crippen LogP contribution is 2.15. The number of halogens is 1. The van der Waals surface area contributed by atoms with Crippen LogP contribution >= 0.6 is 15.9 Å². The van der Waals surface area contributed by atoms with E-state index in [2.05, 4.69) is 30.9 Å². The zero-order valence-electron chi connectivity index (χ0n) is 6.72. The van der Waals surface area contributed by atoms with Crippen LogP contribution in [0.3, 0.4) is 0 Å². The molecule has 1 rings (SSSR count). The van der Waals surface area contributed by atoms with Crippen LogP contribution in [0.1, 0.15) is 0 Å². The minimum absolute atomic E-state index is 0.322. The Hall–Kier alpha value is -1.26. The van der Waals surface area contributed by atoms with Gasteiger partial charge in [0.25, 0.3) is 0 Å². The van der Waals surface area contributed by atoms with E-state index in [0.717, 1.165) is 4.47 Å². The van der Waals surface area contributed by atoms with Crippen molar-refractivity contribution in [3.05, 3.63) is 33.4 Å². The fraction of sp³-hybridized carbons (Fsp3) is 0.286. The predicted octanol–water partition coefficient (Wildman–Crippen LogP) is 2.53. The van der Waals surface area contributed by atoms with Crippen LogP contribution < -0.4 is 4.74 Å². The highest BCUT2D eigenvalue weighted by molar-refractivity contribution is 9.10. The van der Waals surface area contributed by atoms with Crippen LogP contribution in [0.4, 0.5) is 0 Å². The van der Waals surface area contributed by atoms with Gasteiger partial charge >= 0.3 is 0 Å². The van der Waals surface area contributed by atoms with Crippen LogP contribution in [0.5, 0.6) is 5.75 Å². The summed E-state index contributed by atoms with van der Waals surface area (Å²) >= 11 is 3.26. The van der Waals surface area contributed by atoms with Crippen molar-refractivity contribution in [2.24, 2.45) is 5.11 Å². The van der Waals surface area contributed by atoms with Crippen LogP contribution in [0.2, 0.25) is 0 Å². The molecule has 6 heteroatoms. The van der Waals surface area contributed by atoms with Gasteiger partial charge in [0.1, 0.15) is 5.75 Å². The van der Waals surface area contributed by atoms with Crippen molar-refractivity contribution in [1.82, 2.24) is 4.98 Å². The highest BCUT2D eigenvalue weighted by Gasteiger charge is 1.93. The van der Waals surface area contributed by atoms with Crippen molar-refractivity contribution in [3.8, 4) is 5.75 Å². The first-order valence-electron chi connectivity index (χ1n) is 3.57. The molecule has 0 aromatic carbocycles. The lowest BCUT2D eigenvalue weighted by molar-refractivity contribution is 0.326. The Morgan fingerprint density at radius 2 is 2.46 bits per heavy atom. The maximum Gasteiger partial charge on any atom is 0.138 e. The smallest absolute Gasteiger partial charge is 0.138 e. The Morgan fingerprint density at radius 3 is 3.15 bits per heavy atom. The first kappa shape index (κ1) is 9.83. The number of azide groups is 1. The van der Waals surface area contributed by atoms with E-state index in [-0.39, 0.29) is 0 Å². The van der Waals surface area contributed by atoms with E-state index in [9.17, 15) is 0 Å². The number of hydrogen-bond acceptors (Lipinski definition) is 3. The zero-order chi connectivity index (χ0) is 9.52. The molecule has 5 nitrogen and oxygen atoms in total. The maximum absolute atomic E-state index is 7.99. The fourth-order valence-electron chi connectivity index (χ4n) is 0.720. The minimum Gasteiger partial charge on any atom is -0.492 e. The average molecular weight is 243 g/mol. The lowest BCUT2D eigenvalue weighted by Gasteiger charge is -2.02. The number of aromatic nitrogens is 1. The standard InChI is InChI=1S/C7H7BrN4O/c8-6-3-7(5-10-4-6)13-2-1-11-12-9/h3-5H,1-2H2. The number of nitrogens with zero attached hydrogens (tertiary/aromatic N) is 4. The summed E-state index contributed by atoms with van der Waals surface area (Å²) in [7, 11) is 0. The third kappa shape index (κ3) is 3.78. The molecule has 0 unspecified atom stereocenters. The molecule has 1 heterocycles. The Morgan fingerprint density at radius 1 is 1.62 bits per heavy atom. The summed E-state index contributed by atoms with van der Waals surface area (Å²) in [6.45, 7) is 0.686. The van der Waals surface area contributed by atoms with E-state index in [4.69, 9.17) is 10.3 Å². The predicted molar refractivity (Wildman–Crippen MR) is 51.4 cm³/mol. The van der Waals surface area contributed by atoms with E-state index >= 15 is 0 Å². The van der Waals surface area contributed by atoms with Crippen LogP contribution in [0, 0.1) is 0 Å². The van der Waals surface area contributed by atoms with E-state index in [1.54, 1.807) is 18.5 Å². The number of ether oxygens (including phenoxy) is 1. The van der Waals surface area contributed by atoms with E-state index in [1.807, 2.05) is 0 Å². The van der Waals surface area contributed by atoms with Crippen LogP contribution in [0.25, 0.3) is 10.4 Å². The molecule has 0 N–H and O–H groups in total. The molecule has 0 spiro atoms. The molecule has 0 aliphatic carbocycles. The average Bonchev–Trinajstić information content (AvgIpc) is 2.13. The molecule has 0 aliphatic heterocycles. The van der Waals surface area contributed by atoms with Crippen LogP contribution in [0.15, 0.2) is 28.0 Å². The largest absolute Gasteiger partial charge is 0.492 e. The quantitative estimate of drug-likeness (QED) is 0.352. The van der Waals surface area contributed by atoms with Gasteiger partial charge in [0.2, 0.25) is 0 Å². The molecule has 68 valence electrons. The Labute approximate surface area is 83.5 Å². The molecule has 0 fully saturated rings. The van der Waals surface area contributed by atoms with Gasteiger partial charge in [0, 0.05) is 15.6 Å². The molecule has 0 amide bonds. The monoisotopic (exact) mass is 242 g/mol. The van der Waals surface area contributed by atoms with Crippen LogP contribution in [-0.2, 0) is 0 Å². The van der Waals surface area contributed by atoms with Gasteiger partial charge in [-0.2, -0.15) is 0 Å². The van der Waals surface area contributed by atoms with Gasteiger partial charge in [-0.25, -0.2) is 0 Å². The van der Waals surface area contributed by atoms with Gasteiger partial charge in [-0.05, 0) is 27.5 Å². The molecule has 0 saturated heterocycles. The van der Waals surface area contributed by atoms with E-state index in [0.29, 0.717) is 18.9 Å². The molecule has 1 aromatic heterocycles. The second-order valence-corrected chi connectivity index (χ2v) is 3.06. The van der Waals surface area contributed by atoms with Crippen molar-refractivity contribution in [3.63, 3.8) is 0 Å². The van der Waals surface area contributed by atoms with Gasteiger partial charge in [-0.3, -0.25) is 4.98 Å². The molecule has 13 heavy (non-hydrogen) atoms. The van der Waals surface area contributed by atoms with Crippen molar-refractivity contribution >= 4 is 15.9 Å². The number of rotatable bonds is 4. The summed E-state index contributed by atoms with van der Waals surface area (Å²) in [5.41, 5.74) is 7.99. The van der Waals surface area contributed by atoms with Gasteiger partial charge in [0.15, 0.2) is 0 Å². The first-order valence-corrected chi connectivity index (χ1v) is 4.36. The van der Waals surface area contributed by atoms with Crippen LogP contribution in [-0.4, -0.2) is 18.1 Å². The van der Waals surface area contributed by atoms with E-state index < -0.39 is 0 Å². The Bertz CT molecular complexity index is 324.